The van der Waals surface area contributed by atoms with Gasteiger partial charge in [-0.05, 0) is 68.0 Å². The first-order chi connectivity index (χ1) is 14.1. The molecule has 1 unspecified atom stereocenters. The maximum Gasteiger partial charge on any atom is 0.229 e. The van der Waals surface area contributed by atoms with Crippen LogP contribution in [0.15, 0.2) is 42.5 Å². The zero-order valence-electron chi connectivity index (χ0n) is 17.3. The molecule has 0 radical (unpaired) electrons. The average molecular weight is 408 g/mol. The molecule has 1 aliphatic rings. The normalized spacial score (nSPS) is 16.9. The third-order valence-corrected chi connectivity index (χ3v) is 6.71. The van der Waals surface area contributed by atoms with Crippen LogP contribution in [0.4, 0.5) is 10.8 Å². The van der Waals surface area contributed by atoms with Crippen molar-refractivity contribution in [1.29, 1.82) is 0 Å². The number of piperidine rings is 1. The van der Waals surface area contributed by atoms with Gasteiger partial charge in [-0.1, -0.05) is 42.9 Å². The van der Waals surface area contributed by atoms with Gasteiger partial charge in [0.25, 0.3) is 0 Å². The minimum absolute atomic E-state index is 0.00253. The van der Waals surface area contributed by atoms with Crippen LogP contribution in [0.3, 0.4) is 0 Å². The van der Waals surface area contributed by atoms with Gasteiger partial charge < -0.3 is 10.2 Å². The number of aromatic nitrogens is 1. The summed E-state index contributed by atoms with van der Waals surface area (Å²) in [6.45, 7) is 6.02. The zero-order chi connectivity index (χ0) is 20.2. The number of hydrogen-bond donors (Lipinski definition) is 1. The highest BCUT2D eigenvalue weighted by Gasteiger charge is 2.27. The number of hydrogen-bond acceptors (Lipinski definition) is 4. The average Bonchev–Trinajstić information content (AvgIpc) is 3.16. The topological polar surface area (TPSA) is 45.2 Å². The van der Waals surface area contributed by atoms with Gasteiger partial charge in [0.1, 0.15) is 0 Å². The number of amides is 1. The third-order valence-electron chi connectivity index (χ3n) is 5.64. The molecule has 1 atom stereocenters. The molecule has 152 valence electrons. The Balaban J connectivity index is 1.40. The monoisotopic (exact) mass is 407 g/mol. The van der Waals surface area contributed by atoms with Crippen molar-refractivity contribution in [2.24, 2.45) is 5.92 Å². The third kappa shape index (κ3) is 4.78. The van der Waals surface area contributed by atoms with Crippen molar-refractivity contribution in [3.05, 3.63) is 53.6 Å². The predicted molar refractivity (Wildman–Crippen MR) is 123 cm³/mol. The molecular formula is C24H29N3OS. The van der Waals surface area contributed by atoms with Crippen LogP contribution in [0.25, 0.3) is 10.2 Å². The van der Waals surface area contributed by atoms with Gasteiger partial charge in [0.2, 0.25) is 5.91 Å². The molecular weight excluding hydrogens is 378 g/mol. The lowest BCUT2D eigenvalue weighted by molar-refractivity contribution is -0.120. The number of benzene rings is 2. The first-order valence-electron chi connectivity index (χ1n) is 10.6. The lowest BCUT2D eigenvalue weighted by Gasteiger charge is -2.31. The van der Waals surface area contributed by atoms with E-state index < -0.39 is 0 Å². The van der Waals surface area contributed by atoms with E-state index in [0.717, 1.165) is 48.7 Å². The smallest absolute Gasteiger partial charge is 0.229 e. The van der Waals surface area contributed by atoms with Gasteiger partial charge in [-0.2, -0.15) is 0 Å². The van der Waals surface area contributed by atoms with Crippen molar-refractivity contribution in [3.63, 3.8) is 0 Å². The van der Waals surface area contributed by atoms with Crippen LogP contribution < -0.4 is 10.2 Å². The van der Waals surface area contributed by atoms with E-state index in [1.807, 2.05) is 12.1 Å². The molecule has 1 saturated heterocycles. The summed E-state index contributed by atoms with van der Waals surface area (Å²) in [4.78, 5) is 19.9. The Kier molecular flexibility index (Phi) is 6.14. The van der Waals surface area contributed by atoms with Crippen LogP contribution in [-0.2, 0) is 11.2 Å². The Morgan fingerprint density at radius 1 is 1.24 bits per heavy atom. The van der Waals surface area contributed by atoms with Crippen molar-refractivity contribution in [3.8, 4) is 0 Å². The first-order valence-corrected chi connectivity index (χ1v) is 11.5. The highest BCUT2D eigenvalue weighted by molar-refractivity contribution is 7.22. The minimum atomic E-state index is -0.00253. The largest absolute Gasteiger partial charge is 0.347 e. The standard InChI is InChI=1S/C24H29N3OS/c1-3-4-6-18-9-11-20(12-10-18)25-23(28)19-7-5-14-27(16-19)24-26-21-13-8-17(2)15-22(21)29-24/h8-13,15,19H,3-7,14,16H2,1-2H3,(H,25,28). The molecule has 5 heteroatoms. The zero-order valence-corrected chi connectivity index (χ0v) is 18.1. The molecule has 4 nitrogen and oxygen atoms in total. The Morgan fingerprint density at radius 2 is 2.07 bits per heavy atom. The van der Waals surface area contributed by atoms with Crippen LogP contribution >= 0.6 is 11.3 Å². The molecule has 4 rings (SSSR count). The van der Waals surface area contributed by atoms with Gasteiger partial charge in [0, 0.05) is 18.8 Å². The number of fused-ring (bicyclic) bond motifs is 1. The quantitative estimate of drug-likeness (QED) is 0.561. The molecule has 2 heterocycles. The first kappa shape index (κ1) is 19.9. The second kappa shape index (κ2) is 8.95. The maximum atomic E-state index is 12.9. The second-order valence-corrected chi connectivity index (χ2v) is 9.05. The number of aryl methyl sites for hydroxylation is 2. The Bertz CT molecular complexity index is 979. The van der Waals surface area contributed by atoms with Gasteiger partial charge in [-0.3, -0.25) is 4.79 Å². The summed E-state index contributed by atoms with van der Waals surface area (Å²) in [6.07, 6.45) is 5.45. The van der Waals surface area contributed by atoms with Gasteiger partial charge in [-0.15, -0.1) is 0 Å². The second-order valence-electron chi connectivity index (χ2n) is 8.04. The van der Waals surface area contributed by atoms with E-state index in [1.165, 1.54) is 28.7 Å². The van der Waals surface area contributed by atoms with Gasteiger partial charge in [-0.25, -0.2) is 4.98 Å². The predicted octanol–water partition coefficient (Wildman–Crippen LogP) is 5.80. The molecule has 1 aromatic heterocycles. The fraction of sp³-hybridized carbons (Fsp3) is 0.417. The molecule has 2 aromatic carbocycles. The molecule has 0 spiro atoms. The number of carbonyl (C=O) groups excluding carboxylic acids is 1. The van der Waals surface area contributed by atoms with E-state index in [9.17, 15) is 4.79 Å². The number of nitrogens with one attached hydrogen (secondary N) is 1. The number of unbranched alkanes of at least 4 members (excludes halogenated alkanes) is 1. The highest BCUT2D eigenvalue weighted by Crippen LogP contribution is 2.32. The number of carbonyl (C=O) groups is 1. The number of anilines is 2. The summed E-state index contributed by atoms with van der Waals surface area (Å²) in [5, 5.41) is 4.15. The number of thiazole rings is 1. The summed E-state index contributed by atoms with van der Waals surface area (Å²) in [7, 11) is 0. The number of rotatable bonds is 6. The lowest BCUT2D eigenvalue weighted by atomic mass is 9.97. The molecule has 3 aromatic rings. The van der Waals surface area contributed by atoms with Crippen LogP contribution in [0.1, 0.15) is 43.7 Å². The van der Waals surface area contributed by atoms with E-state index in [-0.39, 0.29) is 11.8 Å². The van der Waals surface area contributed by atoms with Gasteiger partial charge in [0.15, 0.2) is 5.13 Å². The molecule has 0 bridgehead atoms. The fourth-order valence-corrected chi connectivity index (χ4v) is 5.00. The Labute approximate surface area is 177 Å². The van der Waals surface area contributed by atoms with E-state index >= 15 is 0 Å². The van der Waals surface area contributed by atoms with Crippen LogP contribution in [0.2, 0.25) is 0 Å². The molecule has 1 aliphatic heterocycles. The molecule has 0 aliphatic carbocycles. The van der Waals surface area contributed by atoms with E-state index in [4.69, 9.17) is 4.98 Å². The van der Waals surface area contributed by atoms with Crippen LogP contribution in [0, 0.1) is 12.8 Å². The summed E-state index contributed by atoms with van der Waals surface area (Å²) >= 11 is 1.73. The van der Waals surface area contributed by atoms with Gasteiger partial charge in [0.05, 0.1) is 16.1 Å². The van der Waals surface area contributed by atoms with E-state index in [1.54, 1.807) is 11.3 Å². The molecule has 1 amide bonds. The molecule has 29 heavy (non-hydrogen) atoms. The van der Waals surface area contributed by atoms with Gasteiger partial charge >= 0.3 is 0 Å². The maximum absolute atomic E-state index is 12.9. The Hall–Kier alpha value is -2.40. The summed E-state index contributed by atoms with van der Waals surface area (Å²) in [5.74, 6) is 0.116. The van der Waals surface area contributed by atoms with Crippen LogP contribution in [0.5, 0.6) is 0 Å². The van der Waals surface area contributed by atoms with E-state index in [2.05, 4.69) is 54.4 Å². The van der Waals surface area contributed by atoms with Crippen molar-refractivity contribution < 1.29 is 4.79 Å². The Morgan fingerprint density at radius 3 is 2.86 bits per heavy atom. The summed E-state index contributed by atoms with van der Waals surface area (Å²) in [5.41, 5.74) is 4.53. The summed E-state index contributed by atoms with van der Waals surface area (Å²) in [6, 6.07) is 14.7. The lowest BCUT2D eigenvalue weighted by Crippen LogP contribution is -2.40. The van der Waals surface area contributed by atoms with Crippen molar-refractivity contribution in [1.82, 2.24) is 4.98 Å². The summed E-state index contributed by atoms with van der Waals surface area (Å²) < 4.78 is 1.22. The van der Waals surface area contributed by atoms with Crippen molar-refractivity contribution in [2.75, 3.05) is 23.3 Å². The van der Waals surface area contributed by atoms with Crippen molar-refractivity contribution in [2.45, 2.75) is 46.0 Å². The highest BCUT2D eigenvalue weighted by atomic mass is 32.1. The molecule has 1 fully saturated rings. The van der Waals surface area contributed by atoms with Crippen molar-refractivity contribution >= 4 is 38.3 Å². The SMILES string of the molecule is CCCCc1ccc(NC(=O)C2CCCN(c3nc4ccc(C)cc4s3)C2)cc1. The fourth-order valence-electron chi connectivity index (χ4n) is 3.90. The number of nitrogens with zero attached hydrogens (tertiary/aromatic N) is 2. The molecule has 1 N–H and O–H groups in total. The van der Waals surface area contributed by atoms with E-state index in [0.29, 0.717) is 0 Å². The minimum Gasteiger partial charge on any atom is -0.347 e. The molecule has 0 saturated carbocycles. The van der Waals surface area contributed by atoms with Crippen LogP contribution in [-0.4, -0.2) is 24.0 Å².